The van der Waals surface area contributed by atoms with Crippen molar-refractivity contribution >= 4 is 43.4 Å². The molecule has 1 N–H and O–H groups in total. The Bertz CT molecular complexity index is 1020. The molecule has 2 aromatic heterocycles. The van der Waals surface area contributed by atoms with Crippen molar-refractivity contribution in [1.29, 1.82) is 0 Å². The number of carbonyl (C=O) groups excluding carboxylic acids is 1. The molecule has 0 radical (unpaired) electrons. The first kappa shape index (κ1) is 17.1. The number of amides is 1. The number of ether oxygens (including phenoxy) is 2. The maximum Gasteiger partial charge on any atom is 0.268 e. The van der Waals surface area contributed by atoms with Gasteiger partial charge in [0.2, 0.25) is 6.79 Å². The number of nitrogens with one attached hydrogen (secondary N) is 1. The molecule has 0 spiro atoms. The first-order valence-electron chi connectivity index (χ1n) is 9.12. The number of carbonyl (C=O) groups is 1. The summed E-state index contributed by atoms with van der Waals surface area (Å²) >= 11 is 5.32. The molecule has 27 heavy (non-hydrogen) atoms. The smallest absolute Gasteiger partial charge is 0.268 e. The van der Waals surface area contributed by atoms with Crippen molar-refractivity contribution in [2.24, 2.45) is 5.92 Å². The SMILES string of the molecule is O=C(NCc1ccc2c(c1)OCO2)c1cc2scc(Br)c2n1CC1CCC1. The van der Waals surface area contributed by atoms with Gasteiger partial charge >= 0.3 is 0 Å². The molecule has 140 valence electrons. The zero-order chi connectivity index (χ0) is 18.4. The molecule has 0 atom stereocenters. The zero-order valence-corrected chi connectivity index (χ0v) is 17.1. The number of rotatable bonds is 5. The van der Waals surface area contributed by atoms with Crippen molar-refractivity contribution in [2.45, 2.75) is 32.4 Å². The van der Waals surface area contributed by atoms with Gasteiger partial charge in [0.25, 0.3) is 5.91 Å². The molecule has 2 aliphatic rings. The van der Waals surface area contributed by atoms with E-state index in [2.05, 4.69) is 31.2 Å². The third-order valence-electron chi connectivity index (χ3n) is 5.37. The van der Waals surface area contributed by atoms with Gasteiger partial charge in [-0.1, -0.05) is 12.5 Å². The summed E-state index contributed by atoms with van der Waals surface area (Å²) in [6.07, 6.45) is 3.80. The summed E-state index contributed by atoms with van der Waals surface area (Å²) < 4.78 is 15.2. The van der Waals surface area contributed by atoms with Gasteiger partial charge in [-0.3, -0.25) is 4.79 Å². The number of hydrogen-bond acceptors (Lipinski definition) is 4. The van der Waals surface area contributed by atoms with E-state index in [4.69, 9.17) is 9.47 Å². The van der Waals surface area contributed by atoms with Gasteiger partial charge in [-0.15, -0.1) is 11.3 Å². The number of halogens is 1. The number of hydrogen-bond donors (Lipinski definition) is 1. The maximum atomic E-state index is 12.9. The van der Waals surface area contributed by atoms with Gasteiger partial charge in [0.15, 0.2) is 11.5 Å². The van der Waals surface area contributed by atoms with Crippen LogP contribution in [0, 0.1) is 5.92 Å². The van der Waals surface area contributed by atoms with E-state index in [1.807, 2.05) is 24.3 Å². The molecule has 5 nitrogen and oxygen atoms in total. The van der Waals surface area contributed by atoms with Crippen molar-refractivity contribution in [1.82, 2.24) is 9.88 Å². The van der Waals surface area contributed by atoms with Crippen molar-refractivity contribution in [3.8, 4) is 11.5 Å². The van der Waals surface area contributed by atoms with Crippen LogP contribution >= 0.6 is 27.3 Å². The van der Waals surface area contributed by atoms with Gasteiger partial charge in [-0.25, -0.2) is 0 Å². The summed E-state index contributed by atoms with van der Waals surface area (Å²) in [7, 11) is 0. The van der Waals surface area contributed by atoms with Crippen molar-refractivity contribution in [3.63, 3.8) is 0 Å². The average Bonchev–Trinajstić information content (AvgIpc) is 3.32. The molecule has 5 rings (SSSR count). The fraction of sp³-hybridized carbons (Fsp3) is 0.350. The molecule has 0 bridgehead atoms. The molecule has 7 heteroatoms. The molecule has 1 aliphatic carbocycles. The van der Waals surface area contributed by atoms with E-state index >= 15 is 0 Å². The van der Waals surface area contributed by atoms with E-state index in [9.17, 15) is 4.79 Å². The van der Waals surface area contributed by atoms with E-state index in [0.29, 0.717) is 12.5 Å². The second-order valence-electron chi connectivity index (χ2n) is 7.10. The molecule has 1 fully saturated rings. The molecule has 1 aliphatic heterocycles. The summed E-state index contributed by atoms with van der Waals surface area (Å²) in [5.41, 5.74) is 2.87. The lowest BCUT2D eigenvalue weighted by Gasteiger charge is -2.27. The Labute approximate surface area is 169 Å². The molecular weight excluding hydrogens is 428 g/mol. The maximum absolute atomic E-state index is 12.9. The monoisotopic (exact) mass is 446 g/mol. The molecule has 0 unspecified atom stereocenters. The van der Waals surface area contributed by atoms with Crippen LogP contribution in [0.5, 0.6) is 11.5 Å². The highest BCUT2D eigenvalue weighted by molar-refractivity contribution is 9.10. The molecule has 1 saturated carbocycles. The largest absolute Gasteiger partial charge is 0.454 e. The van der Waals surface area contributed by atoms with Crippen LogP contribution < -0.4 is 14.8 Å². The Morgan fingerprint density at radius 1 is 1.26 bits per heavy atom. The summed E-state index contributed by atoms with van der Waals surface area (Å²) in [6, 6.07) is 7.77. The standard InChI is InChI=1S/C20H19BrN2O3S/c21-14-10-27-18-7-15(23(19(14)18)9-12-2-1-3-12)20(24)22-8-13-4-5-16-17(6-13)26-11-25-16/h4-7,10,12H,1-3,8-9,11H2,(H,22,24). The third kappa shape index (κ3) is 3.12. The fourth-order valence-corrected chi connectivity index (χ4v) is 5.36. The van der Waals surface area contributed by atoms with Gasteiger partial charge in [0, 0.05) is 18.5 Å². The van der Waals surface area contributed by atoms with Crippen LogP contribution in [-0.2, 0) is 13.1 Å². The first-order chi connectivity index (χ1) is 13.2. The van der Waals surface area contributed by atoms with Crippen molar-refractivity contribution < 1.29 is 14.3 Å². The quantitative estimate of drug-likeness (QED) is 0.604. The first-order valence-corrected chi connectivity index (χ1v) is 10.8. The van der Waals surface area contributed by atoms with E-state index in [-0.39, 0.29) is 12.7 Å². The normalized spacial score (nSPS) is 15.9. The molecule has 1 aromatic carbocycles. The highest BCUT2D eigenvalue weighted by Gasteiger charge is 2.24. The predicted molar refractivity (Wildman–Crippen MR) is 109 cm³/mol. The van der Waals surface area contributed by atoms with Gasteiger partial charge in [-0.05, 0) is 58.5 Å². The number of fused-ring (bicyclic) bond motifs is 2. The Morgan fingerprint density at radius 3 is 2.93 bits per heavy atom. The van der Waals surface area contributed by atoms with Crippen LogP contribution in [0.4, 0.5) is 0 Å². The van der Waals surface area contributed by atoms with E-state index < -0.39 is 0 Å². The number of aromatic nitrogens is 1. The summed E-state index contributed by atoms with van der Waals surface area (Å²) in [5.74, 6) is 2.12. The van der Waals surface area contributed by atoms with Crippen LogP contribution in [-0.4, -0.2) is 17.3 Å². The molecule has 1 amide bonds. The Kier molecular flexibility index (Phi) is 4.36. The zero-order valence-electron chi connectivity index (χ0n) is 14.7. The lowest BCUT2D eigenvalue weighted by Crippen LogP contribution is -2.27. The number of nitrogens with zero attached hydrogens (tertiary/aromatic N) is 1. The minimum Gasteiger partial charge on any atom is -0.454 e. The van der Waals surface area contributed by atoms with Gasteiger partial charge in [0.1, 0.15) is 5.69 Å². The number of benzene rings is 1. The lowest BCUT2D eigenvalue weighted by molar-refractivity contribution is 0.0939. The van der Waals surface area contributed by atoms with Crippen molar-refractivity contribution in [2.75, 3.05) is 6.79 Å². The van der Waals surface area contributed by atoms with Gasteiger partial charge in [0.05, 0.1) is 14.7 Å². The fourth-order valence-electron chi connectivity index (χ4n) is 3.67. The van der Waals surface area contributed by atoms with E-state index in [1.54, 1.807) is 11.3 Å². The predicted octanol–water partition coefficient (Wildman–Crippen LogP) is 4.92. The summed E-state index contributed by atoms with van der Waals surface area (Å²) in [4.78, 5) is 12.9. The van der Waals surface area contributed by atoms with Crippen molar-refractivity contribution in [3.05, 3.63) is 45.4 Å². The second-order valence-corrected chi connectivity index (χ2v) is 8.87. The van der Waals surface area contributed by atoms with Gasteiger partial charge in [-0.2, -0.15) is 0 Å². The van der Waals surface area contributed by atoms with Crippen LogP contribution in [0.1, 0.15) is 35.3 Å². The molecular formula is C20H19BrN2O3S. The molecule has 3 heterocycles. The van der Waals surface area contributed by atoms with Crippen LogP contribution in [0.3, 0.4) is 0 Å². The third-order valence-corrected chi connectivity index (χ3v) is 7.19. The topological polar surface area (TPSA) is 52.5 Å². The Hall–Kier alpha value is -1.99. The van der Waals surface area contributed by atoms with E-state index in [0.717, 1.165) is 44.0 Å². The van der Waals surface area contributed by atoms with Gasteiger partial charge < -0.3 is 19.4 Å². The van der Waals surface area contributed by atoms with Crippen LogP contribution in [0.25, 0.3) is 10.2 Å². The van der Waals surface area contributed by atoms with Crippen LogP contribution in [0.2, 0.25) is 0 Å². The Balaban J connectivity index is 1.37. The summed E-state index contributed by atoms with van der Waals surface area (Å²) in [5, 5.41) is 5.15. The van der Waals surface area contributed by atoms with E-state index in [1.165, 1.54) is 19.3 Å². The minimum atomic E-state index is -0.0395. The summed E-state index contributed by atoms with van der Waals surface area (Å²) in [6.45, 7) is 1.62. The highest BCUT2D eigenvalue weighted by Crippen LogP contribution is 2.36. The minimum absolute atomic E-state index is 0.0395. The number of thiophene rings is 1. The molecule has 0 saturated heterocycles. The molecule has 3 aromatic rings. The average molecular weight is 447 g/mol. The lowest BCUT2D eigenvalue weighted by atomic mass is 9.85. The van der Waals surface area contributed by atoms with Crippen LogP contribution in [0.15, 0.2) is 34.1 Å². The second kappa shape index (κ2) is 6.87. The Morgan fingerprint density at radius 2 is 2.11 bits per heavy atom. The highest BCUT2D eigenvalue weighted by atomic mass is 79.9.